The Hall–Kier alpha value is -1.91. The molecule has 0 bridgehead atoms. The van der Waals surface area contributed by atoms with E-state index in [9.17, 15) is 4.79 Å². The van der Waals surface area contributed by atoms with Gasteiger partial charge in [-0.25, -0.2) is 15.6 Å². The summed E-state index contributed by atoms with van der Waals surface area (Å²) in [6.07, 6.45) is 9.93. The largest absolute Gasteiger partial charge is 0.355 e. The Morgan fingerprint density at radius 3 is 1.79 bits per heavy atom. The van der Waals surface area contributed by atoms with E-state index in [-0.39, 0.29) is 0 Å². The first kappa shape index (κ1) is 12.1. The summed E-state index contributed by atoms with van der Waals surface area (Å²) in [4.78, 5) is 10.9. The van der Waals surface area contributed by atoms with E-state index in [0.717, 1.165) is 0 Å². The van der Waals surface area contributed by atoms with Crippen molar-refractivity contribution in [2.75, 3.05) is 0 Å². The molecule has 5 heteroatoms. The number of rotatable bonds is 4. The fourth-order valence-corrected chi connectivity index (χ4v) is 0.475. The van der Waals surface area contributed by atoms with E-state index in [0.29, 0.717) is 0 Å². The Morgan fingerprint density at radius 1 is 1.00 bits per heavy atom. The molecule has 5 nitrogen and oxygen atoms in total. The smallest absolute Gasteiger partial charge is 0.245 e. The third-order valence-corrected chi connectivity index (χ3v) is 1.04. The molecule has 0 aromatic carbocycles. The number of carbonyl (C=O) groups is 1. The van der Waals surface area contributed by atoms with Gasteiger partial charge in [0.15, 0.2) is 0 Å². The van der Waals surface area contributed by atoms with Crippen LogP contribution in [-0.4, -0.2) is 18.5 Å². The number of nitrogens with one attached hydrogen (secondary N) is 2. The van der Waals surface area contributed by atoms with Crippen molar-refractivity contribution in [3.63, 3.8) is 0 Å². The SMILES string of the molecule is CC=CC=NNC(=O)NN=CC=CC. The molecule has 2 amide bonds. The molecule has 0 atom stereocenters. The van der Waals surface area contributed by atoms with Crippen LogP contribution < -0.4 is 10.9 Å². The minimum Gasteiger partial charge on any atom is -0.245 e. The van der Waals surface area contributed by atoms with Crippen molar-refractivity contribution in [3.8, 4) is 0 Å². The number of urea groups is 1. The molecule has 0 aliphatic rings. The summed E-state index contributed by atoms with van der Waals surface area (Å²) in [6.45, 7) is 3.71. The van der Waals surface area contributed by atoms with Crippen molar-refractivity contribution in [1.29, 1.82) is 0 Å². The van der Waals surface area contributed by atoms with Crippen LogP contribution in [0, 0.1) is 0 Å². The molecule has 0 heterocycles. The zero-order chi connectivity index (χ0) is 10.6. The van der Waals surface area contributed by atoms with Gasteiger partial charge in [0, 0.05) is 12.4 Å². The summed E-state index contributed by atoms with van der Waals surface area (Å²) in [5.74, 6) is 0. The minimum absolute atomic E-state index is 0.480. The van der Waals surface area contributed by atoms with E-state index in [1.165, 1.54) is 12.4 Å². The summed E-state index contributed by atoms with van der Waals surface area (Å²) in [7, 11) is 0. The Kier molecular flexibility index (Phi) is 7.93. The van der Waals surface area contributed by atoms with E-state index in [1.54, 1.807) is 24.3 Å². The van der Waals surface area contributed by atoms with Gasteiger partial charge in [0.05, 0.1) is 0 Å². The molecule has 0 aromatic heterocycles. The van der Waals surface area contributed by atoms with Gasteiger partial charge in [-0.1, -0.05) is 12.2 Å². The van der Waals surface area contributed by atoms with Crippen LogP contribution in [0.15, 0.2) is 34.5 Å². The first-order valence-electron chi connectivity index (χ1n) is 4.16. The van der Waals surface area contributed by atoms with Gasteiger partial charge in [-0.2, -0.15) is 10.2 Å². The van der Waals surface area contributed by atoms with Crippen LogP contribution in [-0.2, 0) is 0 Å². The van der Waals surface area contributed by atoms with Gasteiger partial charge in [0.25, 0.3) is 0 Å². The Balaban J connectivity index is 3.65. The maximum Gasteiger partial charge on any atom is 0.355 e. The number of carbonyl (C=O) groups excluding carboxylic acids is 1. The van der Waals surface area contributed by atoms with E-state index in [2.05, 4.69) is 21.1 Å². The predicted molar refractivity (Wildman–Crippen MR) is 58.3 cm³/mol. The summed E-state index contributed by atoms with van der Waals surface area (Å²) in [5.41, 5.74) is 4.45. The van der Waals surface area contributed by atoms with Gasteiger partial charge in [-0.3, -0.25) is 0 Å². The number of allylic oxidation sites excluding steroid dienone is 4. The maximum atomic E-state index is 10.9. The first-order chi connectivity index (χ1) is 6.81. The fourth-order valence-electron chi connectivity index (χ4n) is 0.475. The molecule has 0 fully saturated rings. The zero-order valence-corrected chi connectivity index (χ0v) is 8.27. The molecule has 0 aliphatic heterocycles. The highest BCUT2D eigenvalue weighted by Crippen LogP contribution is 1.68. The van der Waals surface area contributed by atoms with Crippen molar-refractivity contribution in [3.05, 3.63) is 24.3 Å². The van der Waals surface area contributed by atoms with Gasteiger partial charge >= 0.3 is 6.03 Å². The molecule has 0 unspecified atom stereocenters. The summed E-state index contributed by atoms with van der Waals surface area (Å²) in [5, 5.41) is 7.19. The maximum absolute atomic E-state index is 10.9. The normalized spacial score (nSPS) is 12.1. The van der Waals surface area contributed by atoms with E-state index in [4.69, 9.17) is 0 Å². The third-order valence-electron chi connectivity index (χ3n) is 1.04. The van der Waals surface area contributed by atoms with Crippen LogP contribution in [0.1, 0.15) is 13.8 Å². The summed E-state index contributed by atoms with van der Waals surface area (Å²) < 4.78 is 0. The van der Waals surface area contributed by atoms with Crippen LogP contribution in [0.2, 0.25) is 0 Å². The minimum atomic E-state index is -0.480. The lowest BCUT2D eigenvalue weighted by atomic mass is 10.6. The second-order valence-electron chi connectivity index (χ2n) is 2.16. The molecule has 2 N–H and O–H groups in total. The number of hydrogen-bond acceptors (Lipinski definition) is 3. The lowest BCUT2D eigenvalue weighted by Gasteiger charge is -1.94. The average molecular weight is 194 g/mol. The second kappa shape index (κ2) is 9.18. The number of amides is 2. The van der Waals surface area contributed by atoms with Crippen LogP contribution in [0.3, 0.4) is 0 Å². The lowest BCUT2D eigenvalue weighted by molar-refractivity contribution is 0.242. The lowest BCUT2D eigenvalue weighted by Crippen LogP contribution is -2.28. The topological polar surface area (TPSA) is 65.8 Å². The van der Waals surface area contributed by atoms with E-state index in [1.807, 2.05) is 13.8 Å². The number of hydrazone groups is 2. The van der Waals surface area contributed by atoms with Gasteiger partial charge in [-0.15, -0.1) is 0 Å². The molecule has 14 heavy (non-hydrogen) atoms. The van der Waals surface area contributed by atoms with Gasteiger partial charge < -0.3 is 0 Å². The van der Waals surface area contributed by atoms with Gasteiger partial charge in [-0.05, 0) is 26.0 Å². The molecule has 0 aromatic rings. The van der Waals surface area contributed by atoms with Crippen molar-refractivity contribution in [2.45, 2.75) is 13.8 Å². The second-order valence-corrected chi connectivity index (χ2v) is 2.16. The Bertz CT molecular complexity index is 240. The summed E-state index contributed by atoms with van der Waals surface area (Å²) in [6, 6.07) is -0.480. The average Bonchev–Trinajstić information content (AvgIpc) is 2.19. The molecule has 0 spiro atoms. The molecule has 76 valence electrons. The molecular formula is C9H14N4O. The fraction of sp³-hybridized carbons (Fsp3) is 0.222. The molecule has 0 radical (unpaired) electrons. The van der Waals surface area contributed by atoms with Gasteiger partial charge in [0.2, 0.25) is 0 Å². The first-order valence-corrected chi connectivity index (χ1v) is 4.16. The Morgan fingerprint density at radius 2 is 1.43 bits per heavy atom. The molecule has 0 aliphatic carbocycles. The Labute approximate surface area is 83.3 Å². The number of hydrogen-bond donors (Lipinski definition) is 2. The predicted octanol–water partition coefficient (Wildman–Crippen LogP) is 1.41. The quantitative estimate of drug-likeness (QED) is 0.515. The van der Waals surface area contributed by atoms with Crippen molar-refractivity contribution >= 4 is 18.5 Å². The van der Waals surface area contributed by atoms with E-state index >= 15 is 0 Å². The molecule has 0 saturated heterocycles. The molecule has 0 saturated carbocycles. The van der Waals surface area contributed by atoms with Crippen molar-refractivity contribution in [1.82, 2.24) is 10.9 Å². The monoisotopic (exact) mass is 194 g/mol. The van der Waals surface area contributed by atoms with Crippen molar-refractivity contribution < 1.29 is 4.79 Å². The van der Waals surface area contributed by atoms with E-state index < -0.39 is 6.03 Å². The summed E-state index contributed by atoms with van der Waals surface area (Å²) >= 11 is 0. The highest BCUT2D eigenvalue weighted by atomic mass is 16.2. The van der Waals surface area contributed by atoms with Crippen LogP contribution in [0.4, 0.5) is 4.79 Å². The van der Waals surface area contributed by atoms with Crippen LogP contribution in [0.5, 0.6) is 0 Å². The standard InChI is InChI=1S/C9H14N4O/c1-3-5-7-10-12-9(14)13-11-8-6-4-2/h3-8H,1-2H3,(H2,12,13,14). The number of nitrogens with zero attached hydrogens (tertiary/aromatic N) is 2. The van der Waals surface area contributed by atoms with Crippen molar-refractivity contribution in [2.24, 2.45) is 10.2 Å². The highest BCUT2D eigenvalue weighted by Gasteiger charge is 1.90. The van der Waals surface area contributed by atoms with Gasteiger partial charge in [0.1, 0.15) is 0 Å². The highest BCUT2D eigenvalue weighted by molar-refractivity contribution is 5.78. The molecule has 0 rings (SSSR count). The van der Waals surface area contributed by atoms with Crippen LogP contribution in [0.25, 0.3) is 0 Å². The molecular weight excluding hydrogens is 180 g/mol. The zero-order valence-electron chi connectivity index (χ0n) is 8.27. The third kappa shape index (κ3) is 8.19. The van der Waals surface area contributed by atoms with Crippen LogP contribution >= 0.6 is 0 Å².